The highest BCUT2D eigenvalue weighted by Crippen LogP contribution is 2.60. The first-order valence-electron chi connectivity index (χ1n) is 25.0. The van der Waals surface area contributed by atoms with Crippen molar-refractivity contribution < 1.29 is 55.3 Å². The molecule has 1 aliphatic carbocycles. The van der Waals surface area contributed by atoms with Gasteiger partial charge in [-0.25, -0.2) is 14.2 Å². The number of cyclic esters (lactones) is 1. The number of amides is 2. The molecule has 2 aromatic carbocycles. The van der Waals surface area contributed by atoms with Gasteiger partial charge in [-0.2, -0.15) is 13.2 Å². The molecule has 74 heavy (non-hydrogen) atoms. The largest absolute Gasteiger partial charge is 0.464 e. The van der Waals surface area contributed by atoms with Crippen LogP contribution in [0.25, 0.3) is 33.3 Å². The van der Waals surface area contributed by atoms with E-state index in [4.69, 9.17) is 14.2 Å². The summed E-state index contributed by atoms with van der Waals surface area (Å²) in [5.74, 6) is 2.38. The molecule has 1 N–H and O–H groups in total. The summed E-state index contributed by atoms with van der Waals surface area (Å²) in [5, 5.41) is 0.860. The predicted molar refractivity (Wildman–Crippen MR) is 270 cm³/mol. The molecule has 3 saturated heterocycles. The number of fused-ring (bicyclic) bond motifs is 8. The Labute approximate surface area is 432 Å². The van der Waals surface area contributed by atoms with Crippen LogP contribution >= 0.6 is 11.8 Å². The minimum Gasteiger partial charge on any atom is -0.464 e. The Morgan fingerprint density at radius 3 is 2.47 bits per heavy atom. The van der Waals surface area contributed by atoms with Gasteiger partial charge in [0.2, 0.25) is 0 Å². The third-order valence-electron chi connectivity index (χ3n) is 15.6. The minimum absolute atomic E-state index is 0.0199. The first-order valence-corrected chi connectivity index (χ1v) is 25.9. The van der Waals surface area contributed by atoms with Crippen LogP contribution in [0, 0.1) is 29.1 Å². The molecule has 6 atom stereocenters. The lowest BCUT2D eigenvalue weighted by atomic mass is 9.67. The van der Waals surface area contributed by atoms with E-state index in [1.807, 2.05) is 60.5 Å². The maximum Gasteiger partial charge on any atom is 0.406 e. The smallest absolute Gasteiger partial charge is 0.406 e. The Morgan fingerprint density at radius 1 is 1.05 bits per heavy atom. The summed E-state index contributed by atoms with van der Waals surface area (Å²) in [6.07, 6.45) is -6.63. The molecule has 2 aromatic heterocycles. The number of aromatic nitrogens is 2. The molecule has 6 bridgehead atoms. The van der Waals surface area contributed by atoms with Crippen molar-refractivity contribution in [3.8, 4) is 34.2 Å². The minimum atomic E-state index is -4.65. The first kappa shape index (κ1) is 53.4. The number of esters is 1. The van der Waals surface area contributed by atoms with Crippen molar-refractivity contribution in [3.63, 3.8) is 0 Å². The number of ether oxygens (including phenoxy) is 3. The van der Waals surface area contributed by atoms with Crippen molar-refractivity contribution in [1.29, 1.82) is 0 Å². The van der Waals surface area contributed by atoms with E-state index in [-0.39, 0.29) is 66.7 Å². The number of hydrogen-bond acceptors (Lipinski definition) is 11. The lowest BCUT2D eigenvalue weighted by Crippen LogP contribution is -2.59. The summed E-state index contributed by atoms with van der Waals surface area (Å²) in [5.41, 5.74) is 4.21. The average molecular weight is 1050 g/mol. The topological polar surface area (TPSA) is 136 Å². The summed E-state index contributed by atoms with van der Waals surface area (Å²) in [6.45, 7) is 10.6. The Balaban J connectivity index is 1.11. The van der Waals surface area contributed by atoms with Crippen LogP contribution < -0.4 is 5.43 Å². The lowest BCUT2D eigenvalue weighted by molar-refractivity contribution is -0.156. The third-order valence-corrected chi connectivity index (χ3v) is 17.2. The highest BCUT2D eigenvalue weighted by atomic mass is 32.2. The molecule has 5 aliphatic rings. The molecule has 4 aliphatic heterocycles. The zero-order valence-electron chi connectivity index (χ0n) is 43.1. The van der Waals surface area contributed by atoms with E-state index < -0.39 is 76.0 Å². The zero-order valence-corrected chi connectivity index (χ0v) is 43.9. The molecule has 0 radical (unpaired) electrons. The van der Waals surface area contributed by atoms with Gasteiger partial charge in [-0.3, -0.25) is 34.1 Å². The number of likely N-dealkylation sites (tertiary alicyclic amines) is 1. The molecular weight excluding hydrogens is 984 g/mol. The second-order valence-electron chi connectivity index (χ2n) is 22.1. The van der Waals surface area contributed by atoms with Gasteiger partial charge in [0.25, 0.3) is 18.2 Å². The molecule has 0 saturated carbocycles. The second kappa shape index (κ2) is 20.0. The van der Waals surface area contributed by atoms with Gasteiger partial charge in [-0.1, -0.05) is 51.8 Å². The maximum atomic E-state index is 15.2. The van der Waals surface area contributed by atoms with Crippen LogP contribution in [-0.2, 0) is 46.4 Å². The summed E-state index contributed by atoms with van der Waals surface area (Å²) in [7, 11) is 5.26. The molecule has 2 unspecified atom stereocenters. The normalized spacial score (nSPS) is 24.3. The third kappa shape index (κ3) is 10.1. The van der Waals surface area contributed by atoms with Gasteiger partial charge < -0.3 is 23.7 Å². The highest BCUT2D eigenvalue weighted by Gasteiger charge is 2.67. The fourth-order valence-corrected chi connectivity index (χ4v) is 12.3. The Morgan fingerprint density at radius 2 is 1.80 bits per heavy atom. The highest BCUT2D eigenvalue weighted by molar-refractivity contribution is 8.10. The SMILES string of the molecule is CO[C@@H]1c2ncccc2-c2c3c4cc(ccc4n2CC(F)(F)F)-c2cc(cc(C(F)F)c2)C[C@@]2(SC2C(=O)[C@@H](COC2CN(C(=O)C#CC(C)(C)N(C)C)C2)C(C)C)C(=O)N2CCC[C@H](N2)C(=O)OCC(C)(C)C31. The van der Waals surface area contributed by atoms with Crippen LogP contribution in [0.4, 0.5) is 22.0 Å². The predicted octanol–water partition coefficient (Wildman–Crippen LogP) is 8.54. The molecular formula is C55H63F5N6O7S. The molecule has 6 heterocycles. The number of hydrogen-bond donors (Lipinski definition) is 1. The fraction of sp³-hybridized carbons (Fsp3) is 0.545. The zero-order chi connectivity index (χ0) is 53.4. The number of rotatable bonds is 10. The Hall–Kier alpha value is -5.39. The van der Waals surface area contributed by atoms with E-state index in [2.05, 4.69) is 22.3 Å². The summed E-state index contributed by atoms with van der Waals surface area (Å²) < 4.78 is 92.7. The standard InChI is InChI=1S/C55H63F5N6O7S/c1-30(2)38(27-72-35-25-64(26-35)41(67)16-17-53(5,6)63(7)8)46(68)48-54(74-48)24-31-20-33(22-34(21-31)49(56)57)32-14-15-40-37(23-32)42-43(52(3,4)29-73-50(69)39-13-11-19-66(62-39)51(54)70)47(71-9)44-36(12-10-18-61-44)45(42)65(40)28-55(58,59)60/h10,12,14-15,18,20-23,30,35,38-39,43,47-49,62H,11,13,19,24-29H2,1-9H3/t38-,39-,43?,47-,48?,54-/m0/s1. The van der Waals surface area contributed by atoms with Crippen molar-refractivity contribution in [3.05, 3.63) is 77.1 Å². The first-order chi connectivity index (χ1) is 34.8. The number of carbonyl (C=O) groups excluding carboxylic acids is 4. The van der Waals surface area contributed by atoms with E-state index in [0.29, 0.717) is 64.8 Å². The molecule has 19 heteroatoms. The van der Waals surface area contributed by atoms with Crippen LogP contribution in [0.5, 0.6) is 0 Å². The number of benzene rings is 2. The van der Waals surface area contributed by atoms with E-state index >= 15 is 13.6 Å². The van der Waals surface area contributed by atoms with Gasteiger partial charge >= 0.3 is 12.1 Å². The summed E-state index contributed by atoms with van der Waals surface area (Å²) in [6, 6.07) is 11.6. The van der Waals surface area contributed by atoms with Gasteiger partial charge in [-0.05, 0) is 112 Å². The lowest BCUT2D eigenvalue weighted by Gasteiger charge is -2.42. The molecule has 13 nitrogen and oxygen atoms in total. The number of ketones is 1. The van der Waals surface area contributed by atoms with Crippen molar-refractivity contribution in [2.24, 2.45) is 17.3 Å². The number of methoxy groups -OCH3 is 1. The van der Waals surface area contributed by atoms with Crippen LogP contribution in [0.3, 0.4) is 0 Å². The van der Waals surface area contributed by atoms with E-state index in [1.165, 1.54) is 28.8 Å². The average Bonchev–Trinajstić information content (AvgIpc) is 3.99. The fourth-order valence-electron chi connectivity index (χ4n) is 10.9. The number of hydrazine groups is 1. The number of halogens is 5. The molecule has 9 rings (SSSR count). The Bertz CT molecular complexity index is 2940. The van der Waals surface area contributed by atoms with E-state index in [0.717, 1.165) is 11.8 Å². The van der Waals surface area contributed by atoms with Crippen molar-refractivity contribution in [2.45, 2.75) is 120 Å². The molecule has 3 fully saturated rings. The monoisotopic (exact) mass is 1050 g/mol. The summed E-state index contributed by atoms with van der Waals surface area (Å²) >= 11 is 1.14. The van der Waals surface area contributed by atoms with Gasteiger partial charge in [0.05, 0.1) is 41.5 Å². The number of nitrogens with zero attached hydrogens (tertiary/aromatic N) is 5. The Kier molecular flexibility index (Phi) is 14.4. The van der Waals surface area contributed by atoms with Crippen LogP contribution in [0.1, 0.15) is 95.2 Å². The second-order valence-corrected chi connectivity index (χ2v) is 23.5. The number of pyridine rings is 1. The van der Waals surface area contributed by atoms with Crippen molar-refractivity contribution in [2.75, 3.05) is 54.1 Å². The quantitative estimate of drug-likeness (QED) is 0.0709. The molecule has 4 aromatic rings. The van der Waals surface area contributed by atoms with Crippen LogP contribution in [0.2, 0.25) is 0 Å². The van der Waals surface area contributed by atoms with Crippen molar-refractivity contribution >= 4 is 46.2 Å². The summed E-state index contributed by atoms with van der Waals surface area (Å²) in [4.78, 5) is 65.2. The molecule has 2 amide bonds. The number of carbonyl (C=O) groups is 4. The van der Waals surface area contributed by atoms with E-state index in [1.54, 1.807) is 47.5 Å². The number of alkyl halides is 5. The van der Waals surface area contributed by atoms with E-state index in [9.17, 15) is 27.6 Å². The molecule has 1 spiro atoms. The van der Waals surface area contributed by atoms with Gasteiger partial charge in [0, 0.05) is 72.2 Å². The van der Waals surface area contributed by atoms with Gasteiger partial charge in [-0.15, -0.1) is 11.8 Å². The van der Waals surface area contributed by atoms with Crippen molar-refractivity contribution in [1.82, 2.24) is 29.8 Å². The number of nitrogens with one attached hydrogen (secondary N) is 1. The van der Waals surface area contributed by atoms with Crippen LogP contribution in [-0.4, -0.2) is 136 Å². The van der Waals surface area contributed by atoms with Crippen LogP contribution in [0.15, 0.2) is 54.7 Å². The number of thioether (sulfide) groups is 1. The van der Waals surface area contributed by atoms with Gasteiger partial charge in [0.15, 0.2) is 5.78 Å². The number of Topliss-reactive ketones (excluding diaryl/α,β-unsaturated/α-hetero) is 1. The maximum absolute atomic E-state index is 15.2. The molecule has 396 valence electrons. The van der Waals surface area contributed by atoms with Gasteiger partial charge in [0.1, 0.15) is 23.4 Å².